The molecule has 1 fully saturated rings. The highest BCUT2D eigenvalue weighted by Gasteiger charge is 2.32. The van der Waals surface area contributed by atoms with Crippen molar-refractivity contribution < 1.29 is 19.1 Å². The third-order valence-electron chi connectivity index (χ3n) is 5.42. The summed E-state index contributed by atoms with van der Waals surface area (Å²) in [6, 6.07) is 4.87. The van der Waals surface area contributed by atoms with E-state index in [9.17, 15) is 19.1 Å². The fourth-order valence-corrected chi connectivity index (χ4v) is 3.71. The van der Waals surface area contributed by atoms with Gasteiger partial charge in [0.05, 0.1) is 6.04 Å². The van der Waals surface area contributed by atoms with Gasteiger partial charge in [-0.15, -0.1) is 0 Å². The summed E-state index contributed by atoms with van der Waals surface area (Å²) in [5.41, 5.74) is 6.44. The molecule has 0 aromatic heterocycles. The molecule has 3 atom stereocenters. The molecule has 156 valence electrons. The second-order valence-corrected chi connectivity index (χ2v) is 7.58. The number of hydrogen-bond acceptors (Lipinski definition) is 4. The number of unbranched alkanes of at least 4 members (excludes halogenated alkanes) is 1. The summed E-state index contributed by atoms with van der Waals surface area (Å²) in [7, 11) is 0. The standard InChI is InChI=1S/C21H32FN3O3/c1-15-5-4-14-25(15)20(26)18(6-2-3-13-23)24-19(21(27)28)12-9-16-7-10-17(22)11-8-16/h7-8,10-11,15,18-19,24H,2-6,9,12-14,23H2,1H3,(H,27,28)/t15-,18+,19+/m1/s1/i22-1. The van der Waals surface area contributed by atoms with Crippen molar-refractivity contribution in [2.45, 2.75) is 70.0 Å². The second kappa shape index (κ2) is 11.1. The zero-order chi connectivity index (χ0) is 20.5. The third kappa shape index (κ3) is 6.56. The number of aliphatic carboxylic acids is 1. The number of nitrogens with zero attached hydrogens (tertiary/aromatic N) is 1. The minimum atomic E-state index is -0.979. The number of nitrogens with two attached hydrogens (primary N) is 1. The van der Waals surface area contributed by atoms with Gasteiger partial charge in [-0.2, -0.15) is 0 Å². The predicted molar refractivity (Wildman–Crippen MR) is 106 cm³/mol. The summed E-state index contributed by atoms with van der Waals surface area (Å²) in [6.45, 7) is 3.31. The number of amides is 1. The SMILES string of the molecule is C[C@@H]1CCCN1C(=O)[C@H](CCCCN)N[C@@H](CCc1ccc([18F])cc1)C(=O)O. The maximum atomic E-state index is 13.0. The summed E-state index contributed by atoms with van der Waals surface area (Å²) in [5, 5.41) is 12.7. The number of carboxylic acid groups (broad SMARTS) is 1. The number of carbonyl (C=O) groups excluding carboxylic acids is 1. The van der Waals surface area contributed by atoms with Gasteiger partial charge < -0.3 is 15.7 Å². The summed E-state index contributed by atoms with van der Waals surface area (Å²) in [5.74, 6) is -1.31. The predicted octanol–water partition coefficient (Wildman–Crippen LogP) is 2.31. The van der Waals surface area contributed by atoms with Crippen molar-refractivity contribution in [3.8, 4) is 0 Å². The Labute approximate surface area is 166 Å². The lowest BCUT2D eigenvalue weighted by molar-refractivity contribution is -0.141. The molecule has 0 radical (unpaired) electrons. The van der Waals surface area contributed by atoms with E-state index in [1.54, 1.807) is 12.1 Å². The van der Waals surface area contributed by atoms with E-state index in [0.29, 0.717) is 25.8 Å². The summed E-state index contributed by atoms with van der Waals surface area (Å²) in [4.78, 5) is 26.7. The molecular weight excluding hydrogens is 360 g/mol. The van der Waals surface area contributed by atoms with Crippen molar-refractivity contribution in [1.29, 1.82) is 0 Å². The van der Waals surface area contributed by atoms with Crippen molar-refractivity contribution in [3.05, 3.63) is 35.6 Å². The highest BCUT2D eigenvalue weighted by Crippen LogP contribution is 2.19. The van der Waals surface area contributed by atoms with E-state index >= 15 is 0 Å². The van der Waals surface area contributed by atoms with E-state index in [-0.39, 0.29) is 17.8 Å². The highest BCUT2D eigenvalue weighted by molar-refractivity contribution is 5.83. The van der Waals surface area contributed by atoms with Gasteiger partial charge in [-0.05, 0) is 69.7 Å². The van der Waals surface area contributed by atoms with E-state index < -0.39 is 18.1 Å². The minimum Gasteiger partial charge on any atom is -0.480 e. The number of halogens is 1. The Hall–Kier alpha value is -1.99. The zero-order valence-corrected chi connectivity index (χ0v) is 16.6. The molecule has 1 amide bonds. The van der Waals surface area contributed by atoms with Crippen molar-refractivity contribution in [1.82, 2.24) is 10.2 Å². The molecule has 1 heterocycles. The smallest absolute Gasteiger partial charge is 0.320 e. The summed E-state index contributed by atoms with van der Waals surface area (Å²) < 4.78 is 13.0. The van der Waals surface area contributed by atoms with Gasteiger partial charge >= 0.3 is 5.97 Å². The van der Waals surface area contributed by atoms with Crippen LogP contribution in [0.15, 0.2) is 24.3 Å². The number of rotatable bonds is 11. The van der Waals surface area contributed by atoms with Gasteiger partial charge in [0.1, 0.15) is 11.9 Å². The van der Waals surface area contributed by atoms with Crippen LogP contribution in [-0.4, -0.2) is 53.1 Å². The molecule has 1 aromatic carbocycles. The van der Waals surface area contributed by atoms with E-state index in [0.717, 1.165) is 37.8 Å². The lowest BCUT2D eigenvalue weighted by Gasteiger charge is -2.29. The van der Waals surface area contributed by atoms with Crippen molar-refractivity contribution in [2.75, 3.05) is 13.1 Å². The van der Waals surface area contributed by atoms with Gasteiger partial charge in [-0.1, -0.05) is 18.6 Å². The topological polar surface area (TPSA) is 95.7 Å². The van der Waals surface area contributed by atoms with Gasteiger partial charge in [0.25, 0.3) is 0 Å². The third-order valence-corrected chi connectivity index (χ3v) is 5.42. The quantitative estimate of drug-likeness (QED) is 0.502. The fraction of sp³-hybridized carbons (Fsp3) is 0.619. The molecule has 1 aliphatic heterocycles. The number of benzene rings is 1. The number of nitrogens with one attached hydrogen (secondary N) is 1. The van der Waals surface area contributed by atoms with E-state index in [4.69, 9.17) is 5.73 Å². The summed E-state index contributed by atoms with van der Waals surface area (Å²) >= 11 is 0. The average molecular weight is 393 g/mol. The monoisotopic (exact) mass is 392 g/mol. The lowest BCUT2D eigenvalue weighted by Crippen LogP contribution is -2.52. The van der Waals surface area contributed by atoms with Gasteiger partial charge in [-0.25, -0.2) is 4.39 Å². The Morgan fingerprint density at radius 2 is 1.96 bits per heavy atom. The Balaban J connectivity index is 2.02. The number of carbonyl (C=O) groups is 2. The van der Waals surface area contributed by atoms with Crippen LogP contribution in [0.3, 0.4) is 0 Å². The van der Waals surface area contributed by atoms with Crippen molar-refractivity contribution >= 4 is 11.9 Å². The first-order valence-electron chi connectivity index (χ1n) is 10.2. The first kappa shape index (κ1) is 22.3. The first-order chi connectivity index (χ1) is 13.4. The van der Waals surface area contributed by atoms with E-state index in [2.05, 4.69) is 5.32 Å². The van der Waals surface area contributed by atoms with Gasteiger partial charge in [-0.3, -0.25) is 14.9 Å². The number of carboxylic acids is 1. The average Bonchev–Trinajstić information content (AvgIpc) is 3.10. The van der Waals surface area contributed by atoms with Crippen LogP contribution in [0.4, 0.5) is 4.39 Å². The Bertz CT molecular complexity index is 638. The van der Waals surface area contributed by atoms with Crippen molar-refractivity contribution in [3.63, 3.8) is 0 Å². The lowest BCUT2D eigenvalue weighted by atomic mass is 10.0. The molecule has 0 aliphatic carbocycles. The number of hydrogen-bond donors (Lipinski definition) is 3. The van der Waals surface area contributed by atoms with Crippen LogP contribution < -0.4 is 11.1 Å². The minimum absolute atomic E-state index is 0.0185. The maximum absolute atomic E-state index is 13.0. The molecule has 28 heavy (non-hydrogen) atoms. The van der Waals surface area contributed by atoms with Crippen LogP contribution >= 0.6 is 0 Å². The molecule has 0 spiro atoms. The van der Waals surface area contributed by atoms with Crippen LogP contribution in [0.25, 0.3) is 0 Å². The molecule has 1 saturated heterocycles. The summed E-state index contributed by atoms with van der Waals surface area (Å²) in [6.07, 6.45) is 4.93. The van der Waals surface area contributed by atoms with Crippen LogP contribution in [0.5, 0.6) is 0 Å². The first-order valence-corrected chi connectivity index (χ1v) is 10.2. The molecule has 1 aliphatic rings. The molecule has 0 saturated carbocycles. The molecule has 4 N–H and O–H groups in total. The highest BCUT2D eigenvalue weighted by atomic mass is 18.2. The fourth-order valence-electron chi connectivity index (χ4n) is 3.71. The van der Waals surface area contributed by atoms with Crippen LogP contribution in [0.2, 0.25) is 0 Å². The van der Waals surface area contributed by atoms with E-state index in [1.165, 1.54) is 12.1 Å². The van der Waals surface area contributed by atoms with E-state index in [1.807, 2.05) is 11.8 Å². The molecular formula is C21H32FN3O3. The second-order valence-electron chi connectivity index (χ2n) is 7.58. The zero-order valence-electron chi connectivity index (χ0n) is 16.6. The number of aryl methyl sites for hydroxylation is 1. The molecule has 7 heteroatoms. The van der Waals surface area contributed by atoms with Gasteiger partial charge in [0.15, 0.2) is 0 Å². The Morgan fingerprint density at radius 3 is 2.54 bits per heavy atom. The Morgan fingerprint density at radius 1 is 1.25 bits per heavy atom. The Kier molecular flexibility index (Phi) is 8.86. The molecule has 2 rings (SSSR count). The van der Waals surface area contributed by atoms with Gasteiger partial charge in [0.2, 0.25) is 5.91 Å². The van der Waals surface area contributed by atoms with Crippen LogP contribution in [-0.2, 0) is 16.0 Å². The number of likely N-dealkylation sites (tertiary alicyclic amines) is 1. The van der Waals surface area contributed by atoms with Gasteiger partial charge in [0, 0.05) is 12.6 Å². The largest absolute Gasteiger partial charge is 0.480 e. The van der Waals surface area contributed by atoms with Crippen LogP contribution in [0, 0.1) is 5.82 Å². The van der Waals surface area contributed by atoms with Crippen molar-refractivity contribution in [2.24, 2.45) is 5.73 Å². The maximum Gasteiger partial charge on any atom is 0.320 e. The molecule has 1 aromatic rings. The molecule has 6 nitrogen and oxygen atoms in total. The molecule has 0 unspecified atom stereocenters. The molecule has 0 bridgehead atoms. The van der Waals surface area contributed by atoms with Crippen LogP contribution in [0.1, 0.15) is 51.0 Å². The normalized spacial score (nSPS) is 18.8.